The third kappa shape index (κ3) is 2.80. The van der Waals surface area contributed by atoms with E-state index in [0.29, 0.717) is 0 Å². The zero-order chi connectivity index (χ0) is 15.0. The Morgan fingerprint density at radius 3 is 2.48 bits per heavy atom. The Morgan fingerprint density at radius 1 is 1.24 bits per heavy atom. The third-order valence-electron chi connectivity index (χ3n) is 4.79. The van der Waals surface area contributed by atoms with Crippen LogP contribution in [0.1, 0.15) is 48.0 Å². The average Bonchev–Trinajstić information content (AvgIpc) is 2.69. The number of aliphatic carboxylic acids is 1. The molecule has 1 aromatic rings. The molecular formula is C17H21NO3. The fraction of sp³-hybridized carbons (Fsp3) is 0.529. The molecule has 0 saturated carbocycles. The van der Waals surface area contributed by atoms with E-state index in [0.717, 1.165) is 36.8 Å². The highest BCUT2D eigenvalue weighted by Crippen LogP contribution is 2.40. The Morgan fingerprint density at radius 2 is 1.90 bits per heavy atom. The van der Waals surface area contributed by atoms with Gasteiger partial charge in [0.15, 0.2) is 0 Å². The molecule has 3 rings (SSSR count). The predicted octanol–water partition coefficient (Wildman–Crippen LogP) is 2.85. The first-order valence-corrected chi connectivity index (χ1v) is 7.65. The van der Waals surface area contributed by atoms with E-state index in [9.17, 15) is 9.59 Å². The van der Waals surface area contributed by atoms with Crippen LogP contribution in [0, 0.1) is 12.8 Å². The van der Waals surface area contributed by atoms with Crippen molar-refractivity contribution in [3.63, 3.8) is 0 Å². The van der Waals surface area contributed by atoms with E-state index in [1.54, 1.807) is 0 Å². The van der Waals surface area contributed by atoms with E-state index in [1.165, 1.54) is 0 Å². The molecule has 1 N–H and O–H groups in total. The van der Waals surface area contributed by atoms with Gasteiger partial charge in [0.25, 0.3) is 5.91 Å². The Kier molecular flexibility index (Phi) is 3.70. The number of fused-ring (bicyclic) bond motifs is 2. The average molecular weight is 287 g/mol. The summed E-state index contributed by atoms with van der Waals surface area (Å²) in [6.07, 6.45) is 3.93. The standard InChI is InChI=1S/C17H21NO3/c1-11-3-2-4-13(7-11)17(21)18-14-5-6-15(18)9-12(8-14)10-16(19)20/h2-4,7,12,14-15H,5-6,8-10H2,1H3,(H,19,20). The zero-order valence-electron chi connectivity index (χ0n) is 12.3. The number of carboxylic acid groups (broad SMARTS) is 1. The van der Waals surface area contributed by atoms with E-state index >= 15 is 0 Å². The second-order valence-corrected chi connectivity index (χ2v) is 6.40. The number of hydrogen-bond acceptors (Lipinski definition) is 2. The van der Waals surface area contributed by atoms with Crippen LogP contribution < -0.4 is 0 Å². The lowest BCUT2D eigenvalue weighted by Gasteiger charge is -2.38. The van der Waals surface area contributed by atoms with Crippen molar-refractivity contribution >= 4 is 11.9 Å². The number of benzene rings is 1. The van der Waals surface area contributed by atoms with Crippen LogP contribution in [0.5, 0.6) is 0 Å². The molecule has 2 fully saturated rings. The van der Waals surface area contributed by atoms with Crippen LogP contribution in [-0.4, -0.2) is 34.0 Å². The molecule has 2 heterocycles. The monoisotopic (exact) mass is 287 g/mol. The number of hydrogen-bond donors (Lipinski definition) is 1. The highest BCUT2D eigenvalue weighted by molar-refractivity contribution is 5.95. The number of nitrogens with zero attached hydrogens (tertiary/aromatic N) is 1. The van der Waals surface area contributed by atoms with Gasteiger partial charge in [-0.2, -0.15) is 0 Å². The summed E-state index contributed by atoms with van der Waals surface area (Å²) in [6.45, 7) is 1.99. The van der Waals surface area contributed by atoms with E-state index in [2.05, 4.69) is 0 Å². The van der Waals surface area contributed by atoms with Gasteiger partial charge in [0.05, 0.1) is 0 Å². The number of piperidine rings is 1. The van der Waals surface area contributed by atoms with E-state index in [-0.39, 0.29) is 30.3 Å². The van der Waals surface area contributed by atoms with Crippen molar-refractivity contribution in [2.45, 2.75) is 51.1 Å². The maximum absolute atomic E-state index is 12.8. The molecule has 4 nitrogen and oxygen atoms in total. The molecule has 0 aromatic heterocycles. The fourth-order valence-corrected chi connectivity index (χ4v) is 3.96. The molecule has 0 aliphatic carbocycles. The first-order chi connectivity index (χ1) is 10.0. The van der Waals surface area contributed by atoms with Crippen molar-refractivity contribution < 1.29 is 14.7 Å². The van der Waals surface area contributed by atoms with Crippen LogP contribution in [0.2, 0.25) is 0 Å². The first-order valence-electron chi connectivity index (χ1n) is 7.65. The molecule has 2 aliphatic rings. The topological polar surface area (TPSA) is 57.6 Å². The molecule has 21 heavy (non-hydrogen) atoms. The van der Waals surface area contributed by atoms with Crippen molar-refractivity contribution in [3.8, 4) is 0 Å². The van der Waals surface area contributed by atoms with Crippen LogP contribution in [0.4, 0.5) is 0 Å². The normalized spacial score (nSPS) is 27.7. The molecule has 2 bridgehead atoms. The number of rotatable bonds is 3. The van der Waals surface area contributed by atoms with Gasteiger partial charge in [0.2, 0.25) is 0 Å². The Balaban J connectivity index is 1.76. The predicted molar refractivity (Wildman–Crippen MR) is 79.1 cm³/mol. The molecule has 1 amide bonds. The minimum absolute atomic E-state index is 0.111. The summed E-state index contributed by atoms with van der Waals surface area (Å²) in [7, 11) is 0. The number of carbonyl (C=O) groups excluding carboxylic acids is 1. The second kappa shape index (κ2) is 5.51. The van der Waals surface area contributed by atoms with Crippen molar-refractivity contribution in [3.05, 3.63) is 35.4 Å². The minimum atomic E-state index is -0.724. The van der Waals surface area contributed by atoms with Gasteiger partial charge in [0, 0.05) is 24.1 Å². The van der Waals surface area contributed by atoms with Gasteiger partial charge < -0.3 is 10.0 Å². The fourth-order valence-electron chi connectivity index (χ4n) is 3.96. The van der Waals surface area contributed by atoms with Crippen molar-refractivity contribution in [1.29, 1.82) is 0 Å². The SMILES string of the molecule is Cc1cccc(C(=O)N2C3CCC2CC(CC(=O)O)C3)c1. The molecule has 112 valence electrons. The summed E-state index contributed by atoms with van der Waals surface area (Å²) in [5, 5.41) is 8.96. The summed E-state index contributed by atoms with van der Waals surface area (Å²) in [5.41, 5.74) is 1.84. The van der Waals surface area contributed by atoms with Crippen LogP contribution >= 0.6 is 0 Å². The lowest BCUT2D eigenvalue weighted by molar-refractivity contribution is -0.138. The molecule has 2 unspecified atom stereocenters. The van der Waals surface area contributed by atoms with Crippen LogP contribution in [0.15, 0.2) is 24.3 Å². The summed E-state index contributed by atoms with van der Waals surface area (Å²) >= 11 is 0. The second-order valence-electron chi connectivity index (χ2n) is 6.40. The van der Waals surface area contributed by atoms with Crippen LogP contribution in [0.3, 0.4) is 0 Å². The third-order valence-corrected chi connectivity index (χ3v) is 4.79. The maximum Gasteiger partial charge on any atom is 0.303 e. The molecule has 2 atom stereocenters. The van der Waals surface area contributed by atoms with Crippen LogP contribution in [0.25, 0.3) is 0 Å². The van der Waals surface area contributed by atoms with Crippen molar-refractivity contribution in [2.75, 3.05) is 0 Å². The van der Waals surface area contributed by atoms with Gasteiger partial charge in [-0.15, -0.1) is 0 Å². The highest BCUT2D eigenvalue weighted by Gasteiger charge is 2.43. The van der Waals surface area contributed by atoms with Crippen LogP contribution in [-0.2, 0) is 4.79 Å². The number of aryl methyl sites for hydroxylation is 1. The van der Waals surface area contributed by atoms with Gasteiger partial charge in [-0.05, 0) is 50.7 Å². The number of carboxylic acids is 1. The summed E-state index contributed by atoms with van der Waals surface area (Å²) < 4.78 is 0. The van der Waals surface area contributed by atoms with Gasteiger partial charge >= 0.3 is 5.97 Å². The maximum atomic E-state index is 12.8. The van der Waals surface area contributed by atoms with Gasteiger partial charge in [0.1, 0.15) is 0 Å². The number of amides is 1. The molecule has 2 saturated heterocycles. The Bertz CT molecular complexity index is 555. The zero-order valence-corrected chi connectivity index (χ0v) is 12.3. The molecular weight excluding hydrogens is 266 g/mol. The van der Waals surface area contributed by atoms with Crippen molar-refractivity contribution in [1.82, 2.24) is 4.90 Å². The highest BCUT2D eigenvalue weighted by atomic mass is 16.4. The quantitative estimate of drug-likeness (QED) is 0.930. The molecule has 0 radical (unpaired) electrons. The minimum Gasteiger partial charge on any atom is -0.481 e. The van der Waals surface area contributed by atoms with Gasteiger partial charge in [-0.1, -0.05) is 17.7 Å². The Hall–Kier alpha value is -1.84. The van der Waals surface area contributed by atoms with Crippen molar-refractivity contribution in [2.24, 2.45) is 5.92 Å². The largest absolute Gasteiger partial charge is 0.481 e. The Labute approximate surface area is 124 Å². The summed E-state index contributed by atoms with van der Waals surface area (Å²) in [4.78, 5) is 25.7. The van der Waals surface area contributed by atoms with Gasteiger partial charge in [-0.3, -0.25) is 9.59 Å². The lowest BCUT2D eigenvalue weighted by atomic mass is 9.87. The molecule has 0 spiro atoms. The summed E-state index contributed by atoms with van der Waals surface area (Å²) in [5.74, 6) is -0.389. The molecule has 2 aliphatic heterocycles. The number of carbonyl (C=O) groups is 2. The molecule has 4 heteroatoms. The first kappa shape index (κ1) is 14.1. The lowest BCUT2D eigenvalue weighted by Crippen LogP contribution is -2.46. The summed E-state index contributed by atoms with van der Waals surface area (Å²) in [6, 6.07) is 8.16. The van der Waals surface area contributed by atoms with E-state index in [4.69, 9.17) is 5.11 Å². The van der Waals surface area contributed by atoms with E-state index in [1.807, 2.05) is 36.1 Å². The van der Waals surface area contributed by atoms with Gasteiger partial charge in [-0.25, -0.2) is 0 Å². The smallest absolute Gasteiger partial charge is 0.303 e. The molecule has 1 aromatic carbocycles. The van der Waals surface area contributed by atoms with E-state index < -0.39 is 5.97 Å².